The van der Waals surface area contributed by atoms with Gasteiger partial charge in [0.1, 0.15) is 16.9 Å². The summed E-state index contributed by atoms with van der Waals surface area (Å²) in [5.74, 6) is 3.65. The second-order valence-electron chi connectivity index (χ2n) is 25.5. The van der Waals surface area contributed by atoms with Crippen LogP contribution in [0.15, 0.2) is 157 Å². The summed E-state index contributed by atoms with van der Waals surface area (Å²) in [4.78, 5) is 64.5. The SMILES string of the molecule is CCOC(=O)c1c(C)c(/C(=C2\N=C(C3CCCCC3)C(C)=C2C)c2c(C)cc(OC(=O)Cc3ccc(-n4c(=O)c5cc(-c6ccc(C(F)(F)F)cc6)c6oc7ccccc7c7c(-c8ccc(C(F)(F)F)cc8)cc(c4=O)c5c67)cc3)cc2C)n([B-](C#N)C#N)c1C1CCCCC1. The van der Waals surface area contributed by atoms with Crippen molar-refractivity contribution in [2.24, 2.45) is 10.9 Å². The predicted molar refractivity (Wildman–Crippen MR) is 360 cm³/mol. The van der Waals surface area contributed by atoms with Crippen LogP contribution in [0.1, 0.15) is 152 Å². The molecule has 10 aromatic rings. The Hall–Kier alpha value is -10.3. The number of para-hydroxylation sites is 1. The van der Waals surface area contributed by atoms with E-state index in [4.69, 9.17) is 18.9 Å². The Morgan fingerprint density at radius 1 is 0.646 bits per heavy atom. The van der Waals surface area contributed by atoms with Gasteiger partial charge in [-0.3, -0.25) is 19.4 Å². The fraction of sp³-hybridized carbons (Fsp3) is 0.286. The zero-order valence-corrected chi connectivity index (χ0v) is 53.6. The average Bonchev–Trinajstić information content (AvgIpc) is 0.863. The standard InChI is InChI=1S/C77H64BF6N5O7/c1-7-94-75(93)63-45(6)70(89(78(39-85)40-86)71(63)50-18-12-9-13-19-50)67(69-44(5)43(4)68(87-69)49-16-10-8-11-17-49)62-41(2)34-54(35-42(62)3)95-61(90)36-46-22-32-53(33-23-46)88-73(91)58-37-56(47-24-28-51(29-25-47)76(79,80)81)64-55-20-14-15-21-60(55)96-72-57(38-59(74(88)92)65(58)66(64)72)48-26-30-52(31-27-48)77(82,83)84/h14-15,20-35,37-38,49-50H,7-13,16-19,36H2,1-6H3/q-1/b69-67-. The second-order valence-corrected chi connectivity index (χ2v) is 25.5. The summed E-state index contributed by atoms with van der Waals surface area (Å²) in [6, 6.07) is 28.2. The molecule has 3 aliphatic rings. The number of nitriles is 2. The van der Waals surface area contributed by atoms with Crippen LogP contribution in [0, 0.1) is 49.2 Å². The third-order valence-electron chi connectivity index (χ3n) is 19.6. The smallest absolute Gasteiger partial charge is 0.416 e. The van der Waals surface area contributed by atoms with Crippen molar-refractivity contribution in [3.63, 3.8) is 0 Å². The molecule has 12 nitrogen and oxygen atoms in total. The van der Waals surface area contributed by atoms with Gasteiger partial charge in [0.05, 0.1) is 41.1 Å². The first-order valence-electron chi connectivity index (χ1n) is 32.3. The summed E-state index contributed by atoms with van der Waals surface area (Å²) >= 11 is 0. The van der Waals surface area contributed by atoms with Gasteiger partial charge in [-0.1, -0.05) is 93.1 Å². The third-order valence-corrected chi connectivity index (χ3v) is 19.6. The molecule has 485 valence electrons. The van der Waals surface area contributed by atoms with Crippen LogP contribution in [-0.2, 0) is 28.3 Å². The van der Waals surface area contributed by atoms with Gasteiger partial charge in [0.2, 0.25) is 6.85 Å². The lowest BCUT2D eigenvalue weighted by Crippen LogP contribution is -2.32. The number of allylic oxidation sites excluding steroid dienone is 2. The Morgan fingerprint density at radius 3 is 1.76 bits per heavy atom. The van der Waals surface area contributed by atoms with Crippen LogP contribution in [0.4, 0.5) is 26.3 Å². The molecule has 96 heavy (non-hydrogen) atoms. The van der Waals surface area contributed by atoms with E-state index in [2.05, 4.69) is 18.9 Å². The first-order valence-corrected chi connectivity index (χ1v) is 32.3. The number of hydrogen-bond acceptors (Lipinski definition) is 10. The van der Waals surface area contributed by atoms with Crippen LogP contribution in [0.5, 0.6) is 5.75 Å². The molecular weight excluding hydrogens is 1230 g/mol. The molecule has 2 aliphatic carbocycles. The number of halogens is 6. The molecule has 1 aliphatic heterocycles. The lowest BCUT2D eigenvalue weighted by Gasteiger charge is -2.32. The molecular formula is C77H64BF6N5O7-. The first-order chi connectivity index (χ1) is 46.0. The molecule has 0 unspecified atom stereocenters. The van der Waals surface area contributed by atoms with Crippen LogP contribution < -0.4 is 15.9 Å². The molecule has 4 heterocycles. The minimum Gasteiger partial charge on any atom is -0.516 e. The van der Waals surface area contributed by atoms with Crippen molar-refractivity contribution in [1.29, 1.82) is 10.5 Å². The molecule has 7 aromatic carbocycles. The van der Waals surface area contributed by atoms with E-state index in [-0.39, 0.29) is 74.6 Å². The van der Waals surface area contributed by atoms with Crippen LogP contribution in [0.3, 0.4) is 0 Å². The summed E-state index contributed by atoms with van der Waals surface area (Å²) < 4.78 is 105. The first kappa shape index (κ1) is 64.4. The van der Waals surface area contributed by atoms with E-state index in [0.29, 0.717) is 78.0 Å². The molecule has 0 saturated heterocycles. The highest BCUT2D eigenvalue weighted by molar-refractivity contribution is 6.73. The summed E-state index contributed by atoms with van der Waals surface area (Å²) in [5.41, 5.74) is 7.06. The van der Waals surface area contributed by atoms with Gasteiger partial charge in [0.15, 0.2) is 0 Å². The number of carbonyl (C=O) groups is 2. The van der Waals surface area contributed by atoms with Gasteiger partial charge in [0, 0.05) is 60.8 Å². The van der Waals surface area contributed by atoms with E-state index in [1.54, 1.807) is 59.9 Å². The zero-order chi connectivity index (χ0) is 67.8. The van der Waals surface area contributed by atoms with E-state index >= 15 is 9.59 Å². The normalized spacial score (nSPS) is 15.7. The highest BCUT2D eigenvalue weighted by Gasteiger charge is 2.38. The average molecular weight is 1300 g/mol. The van der Waals surface area contributed by atoms with Crippen LogP contribution in [0.25, 0.3) is 77.0 Å². The maximum Gasteiger partial charge on any atom is 0.416 e. The number of pyridine rings is 1. The van der Waals surface area contributed by atoms with Crippen molar-refractivity contribution in [2.45, 2.75) is 130 Å². The predicted octanol–water partition coefficient (Wildman–Crippen LogP) is 18.4. The lowest BCUT2D eigenvalue weighted by atomic mass is 9.64. The topological polar surface area (TPSA) is 170 Å². The number of ether oxygens (including phenoxy) is 2. The van der Waals surface area contributed by atoms with Crippen molar-refractivity contribution < 1.29 is 49.8 Å². The van der Waals surface area contributed by atoms with Gasteiger partial charge in [-0.15, -0.1) is 11.9 Å². The van der Waals surface area contributed by atoms with Crippen molar-refractivity contribution in [3.05, 3.63) is 215 Å². The summed E-state index contributed by atoms with van der Waals surface area (Å²) in [5, 5.41) is 23.1. The Bertz CT molecular complexity index is 5090. The third kappa shape index (κ3) is 11.2. The van der Waals surface area contributed by atoms with Crippen LogP contribution >= 0.6 is 0 Å². The van der Waals surface area contributed by atoms with Gasteiger partial charge in [0.25, 0.3) is 11.1 Å². The quantitative estimate of drug-likeness (QED) is 0.0272. The molecule has 19 heteroatoms. The van der Waals surface area contributed by atoms with Crippen LogP contribution in [0.2, 0.25) is 0 Å². The second kappa shape index (κ2) is 25.1. The number of hydrogen-bond donors (Lipinski definition) is 0. The van der Waals surface area contributed by atoms with E-state index in [1.165, 1.54) is 48.5 Å². The molecule has 13 rings (SSSR count). The maximum atomic E-state index is 15.2. The van der Waals surface area contributed by atoms with Crippen molar-refractivity contribution in [2.75, 3.05) is 6.61 Å². The van der Waals surface area contributed by atoms with E-state index < -0.39 is 53.4 Å². The fourth-order valence-electron chi connectivity index (χ4n) is 15.1. The number of esters is 2. The molecule has 0 bridgehead atoms. The van der Waals surface area contributed by atoms with E-state index in [9.17, 15) is 46.5 Å². The Kier molecular flexibility index (Phi) is 16.9. The number of benzene rings is 7. The molecule has 0 N–H and O–H groups in total. The van der Waals surface area contributed by atoms with Gasteiger partial charge in [-0.05, 0) is 201 Å². The monoisotopic (exact) mass is 1300 g/mol. The summed E-state index contributed by atoms with van der Waals surface area (Å²) in [7, 11) is 0. The van der Waals surface area contributed by atoms with Crippen LogP contribution in [-0.4, -0.2) is 40.2 Å². The minimum absolute atomic E-state index is 0.000787. The fourth-order valence-corrected chi connectivity index (χ4v) is 15.1. The van der Waals surface area contributed by atoms with E-state index in [1.807, 2.05) is 27.7 Å². The number of aromatic nitrogens is 2. The maximum absolute atomic E-state index is 15.2. The lowest BCUT2D eigenvalue weighted by molar-refractivity contribution is -0.138. The molecule has 1 radical (unpaired) electrons. The van der Waals surface area contributed by atoms with Crippen molar-refractivity contribution >= 4 is 73.6 Å². The molecule has 0 amide bonds. The zero-order valence-electron chi connectivity index (χ0n) is 53.6. The summed E-state index contributed by atoms with van der Waals surface area (Å²) in [6.45, 7) is 10.3. The molecule has 0 spiro atoms. The number of alkyl halides is 6. The highest BCUT2D eigenvalue weighted by atomic mass is 19.4. The van der Waals surface area contributed by atoms with E-state index in [0.717, 1.165) is 115 Å². The summed E-state index contributed by atoms with van der Waals surface area (Å²) in [6.07, 6.45) is 0.0639. The molecule has 0 atom stereocenters. The van der Waals surface area contributed by atoms with Crippen molar-refractivity contribution in [1.82, 2.24) is 9.05 Å². The van der Waals surface area contributed by atoms with Crippen molar-refractivity contribution in [3.8, 4) is 45.6 Å². The number of fused-ring (bicyclic) bond motifs is 2. The highest BCUT2D eigenvalue weighted by Crippen LogP contribution is 2.50. The number of aliphatic imine (C=N–C) groups is 1. The van der Waals surface area contributed by atoms with Gasteiger partial charge >= 0.3 is 24.3 Å². The largest absolute Gasteiger partial charge is 0.516 e. The number of carbonyl (C=O) groups excluding carboxylic acids is 2. The van der Waals surface area contributed by atoms with Gasteiger partial charge in [-0.25, -0.2) is 19.9 Å². The molecule has 2 fully saturated rings. The number of nitrogens with zero attached hydrogens (tertiary/aromatic N) is 5. The minimum atomic E-state index is -4.67. The molecule has 2 saturated carbocycles. The Balaban J connectivity index is 0.896. The Morgan fingerprint density at radius 2 is 1.20 bits per heavy atom. The number of aryl methyl sites for hydroxylation is 2. The molecule has 3 aromatic heterocycles. The Labute approximate surface area is 548 Å². The van der Waals surface area contributed by atoms with Gasteiger partial charge < -0.3 is 18.4 Å². The number of rotatable bonds is 13. The van der Waals surface area contributed by atoms with Gasteiger partial charge in [-0.2, -0.15) is 26.3 Å².